The van der Waals surface area contributed by atoms with Crippen molar-refractivity contribution in [2.24, 2.45) is 0 Å². The lowest BCUT2D eigenvalue weighted by Gasteiger charge is -2.22. The number of hydrogen-bond donors (Lipinski definition) is 1. The lowest BCUT2D eigenvalue weighted by molar-refractivity contribution is -0.130. The van der Waals surface area contributed by atoms with Crippen LogP contribution in [-0.4, -0.2) is 23.4 Å². The Morgan fingerprint density at radius 2 is 2.10 bits per heavy atom. The van der Waals surface area contributed by atoms with Gasteiger partial charge in [0, 0.05) is 0 Å². The second kappa shape index (κ2) is 4.34. The van der Waals surface area contributed by atoms with Crippen molar-refractivity contribution < 1.29 is 9.59 Å². The quantitative estimate of drug-likeness (QED) is 0.652. The number of nitrogens with zero attached hydrogens (tertiary/aromatic N) is 2. The molecule has 3 rings (SSSR count). The highest BCUT2D eigenvalue weighted by Crippen LogP contribution is 2.32. The number of carbonyl (C=O) groups is 2. The highest BCUT2D eigenvalue weighted by Gasteiger charge is 2.49. The van der Waals surface area contributed by atoms with Gasteiger partial charge in [-0.1, -0.05) is 18.2 Å². The van der Waals surface area contributed by atoms with Crippen molar-refractivity contribution in [2.75, 3.05) is 6.54 Å². The minimum atomic E-state index is -1.06. The molecule has 102 valence electrons. The SMILES string of the molecule is C[C@]1(c2ccc3c(c2)CCC3)NC(=O)N(CC#N)C1=O. The Hall–Kier alpha value is -2.35. The Morgan fingerprint density at radius 3 is 2.85 bits per heavy atom. The van der Waals surface area contributed by atoms with Gasteiger partial charge in [0.1, 0.15) is 12.1 Å². The zero-order valence-electron chi connectivity index (χ0n) is 11.3. The summed E-state index contributed by atoms with van der Waals surface area (Å²) in [6.45, 7) is 1.48. The van der Waals surface area contributed by atoms with Crippen LogP contribution >= 0.6 is 0 Å². The van der Waals surface area contributed by atoms with Crippen molar-refractivity contribution in [3.63, 3.8) is 0 Å². The molecule has 0 radical (unpaired) electrons. The number of nitrogens with one attached hydrogen (secondary N) is 1. The fourth-order valence-electron chi connectivity index (χ4n) is 2.99. The highest BCUT2D eigenvalue weighted by atomic mass is 16.2. The van der Waals surface area contributed by atoms with Gasteiger partial charge in [-0.3, -0.25) is 4.79 Å². The van der Waals surface area contributed by atoms with Crippen molar-refractivity contribution in [3.05, 3.63) is 34.9 Å². The topological polar surface area (TPSA) is 73.2 Å². The summed E-state index contributed by atoms with van der Waals surface area (Å²) in [5.41, 5.74) is 2.30. The molecular weight excluding hydrogens is 254 g/mol. The van der Waals surface area contributed by atoms with E-state index in [0.717, 1.165) is 29.7 Å². The molecule has 0 saturated carbocycles. The van der Waals surface area contributed by atoms with Gasteiger partial charge in [-0.2, -0.15) is 5.26 Å². The van der Waals surface area contributed by atoms with E-state index in [0.29, 0.717) is 0 Å². The van der Waals surface area contributed by atoms with Crippen LogP contribution in [0.25, 0.3) is 0 Å². The number of rotatable bonds is 2. The molecule has 1 aliphatic carbocycles. The summed E-state index contributed by atoms with van der Waals surface area (Å²) in [5.74, 6) is -0.359. The predicted molar refractivity (Wildman–Crippen MR) is 71.7 cm³/mol. The molecule has 1 aromatic carbocycles. The van der Waals surface area contributed by atoms with Crippen molar-refractivity contribution in [1.82, 2.24) is 10.2 Å². The Balaban J connectivity index is 1.99. The maximum atomic E-state index is 12.4. The van der Waals surface area contributed by atoms with E-state index in [4.69, 9.17) is 5.26 Å². The number of nitriles is 1. The predicted octanol–water partition coefficient (Wildman–Crippen LogP) is 1.47. The molecule has 1 aromatic rings. The maximum absolute atomic E-state index is 12.4. The van der Waals surface area contributed by atoms with Gasteiger partial charge >= 0.3 is 6.03 Å². The van der Waals surface area contributed by atoms with Gasteiger partial charge in [-0.25, -0.2) is 9.69 Å². The monoisotopic (exact) mass is 269 g/mol. The number of benzene rings is 1. The van der Waals surface area contributed by atoms with E-state index in [1.165, 1.54) is 11.1 Å². The number of imide groups is 1. The van der Waals surface area contributed by atoms with Gasteiger partial charge in [0.05, 0.1) is 6.07 Å². The third-order valence-corrected chi connectivity index (χ3v) is 4.18. The fraction of sp³-hybridized carbons (Fsp3) is 0.400. The molecule has 1 atom stereocenters. The standard InChI is InChI=1S/C15H15N3O2/c1-15(13(19)18(8-7-16)14(20)17-15)12-6-5-10-3-2-4-11(10)9-12/h5-6,9H,2-4,8H2,1H3,(H,17,20)/t15-/m1/s1. The Kier molecular flexibility index (Phi) is 2.75. The van der Waals surface area contributed by atoms with Gasteiger partial charge in [-0.15, -0.1) is 0 Å². The summed E-state index contributed by atoms with van der Waals surface area (Å²) in [6, 6.07) is 7.29. The largest absolute Gasteiger partial charge is 0.326 e. The Labute approximate surface area is 117 Å². The number of amides is 3. The first kappa shape index (κ1) is 12.7. The molecule has 0 bridgehead atoms. The van der Waals surface area contributed by atoms with Gasteiger partial charge in [-0.05, 0) is 42.9 Å². The van der Waals surface area contributed by atoms with Crippen LogP contribution in [0.2, 0.25) is 0 Å². The van der Waals surface area contributed by atoms with Crippen LogP contribution in [0.5, 0.6) is 0 Å². The van der Waals surface area contributed by atoms with Gasteiger partial charge in [0.15, 0.2) is 0 Å². The van der Waals surface area contributed by atoms with E-state index >= 15 is 0 Å². The van der Waals surface area contributed by atoms with Gasteiger partial charge in [0.25, 0.3) is 5.91 Å². The van der Waals surface area contributed by atoms with E-state index in [9.17, 15) is 9.59 Å². The van der Waals surface area contributed by atoms with E-state index in [1.807, 2.05) is 24.3 Å². The first-order valence-electron chi connectivity index (χ1n) is 6.69. The smallest absolute Gasteiger partial charge is 0.319 e. The molecule has 2 aliphatic rings. The van der Waals surface area contributed by atoms with Gasteiger partial charge in [0.2, 0.25) is 0 Å². The summed E-state index contributed by atoms with van der Waals surface area (Å²) in [6.07, 6.45) is 3.23. The molecular formula is C15H15N3O2. The minimum Gasteiger partial charge on any atom is -0.319 e. The summed E-state index contributed by atoms with van der Waals surface area (Å²) < 4.78 is 0. The summed E-state index contributed by atoms with van der Waals surface area (Å²) >= 11 is 0. The van der Waals surface area contributed by atoms with Crippen molar-refractivity contribution in [3.8, 4) is 6.07 Å². The van der Waals surface area contributed by atoms with Crippen LogP contribution in [0, 0.1) is 11.3 Å². The van der Waals surface area contributed by atoms with Crippen molar-refractivity contribution in [1.29, 1.82) is 5.26 Å². The zero-order chi connectivity index (χ0) is 14.3. The normalized spacial score (nSPS) is 24.5. The molecule has 3 amide bonds. The van der Waals surface area contributed by atoms with Crippen LogP contribution < -0.4 is 5.32 Å². The number of hydrogen-bond acceptors (Lipinski definition) is 3. The van der Waals surface area contributed by atoms with Crippen LogP contribution in [0.1, 0.15) is 30.0 Å². The minimum absolute atomic E-state index is 0.217. The van der Waals surface area contributed by atoms with E-state index in [2.05, 4.69) is 5.32 Å². The molecule has 1 N–H and O–H groups in total. The third kappa shape index (κ3) is 1.68. The second-order valence-electron chi connectivity index (χ2n) is 5.44. The molecule has 5 heteroatoms. The average molecular weight is 269 g/mol. The third-order valence-electron chi connectivity index (χ3n) is 4.18. The van der Waals surface area contributed by atoms with Crippen molar-refractivity contribution in [2.45, 2.75) is 31.7 Å². The molecule has 20 heavy (non-hydrogen) atoms. The first-order valence-corrected chi connectivity index (χ1v) is 6.69. The maximum Gasteiger partial charge on any atom is 0.326 e. The van der Waals surface area contributed by atoms with Crippen molar-refractivity contribution >= 4 is 11.9 Å². The van der Waals surface area contributed by atoms with Crippen LogP contribution in [0.4, 0.5) is 4.79 Å². The number of urea groups is 1. The number of carbonyl (C=O) groups excluding carboxylic acids is 2. The zero-order valence-corrected chi connectivity index (χ0v) is 11.3. The van der Waals surface area contributed by atoms with Crippen LogP contribution in [0.15, 0.2) is 18.2 Å². The lowest BCUT2D eigenvalue weighted by Crippen LogP contribution is -2.41. The number of fused-ring (bicyclic) bond motifs is 1. The van der Waals surface area contributed by atoms with Crippen LogP contribution in [0.3, 0.4) is 0 Å². The summed E-state index contributed by atoms with van der Waals surface area (Å²) in [5, 5.41) is 11.4. The molecule has 1 fully saturated rings. The molecule has 5 nitrogen and oxygen atoms in total. The summed E-state index contributed by atoms with van der Waals surface area (Å²) in [7, 11) is 0. The molecule has 0 unspecified atom stereocenters. The molecule has 1 saturated heterocycles. The summed E-state index contributed by atoms with van der Waals surface area (Å²) in [4.78, 5) is 25.2. The van der Waals surface area contributed by atoms with Crippen LogP contribution in [-0.2, 0) is 23.2 Å². The van der Waals surface area contributed by atoms with E-state index in [1.54, 1.807) is 6.92 Å². The fourth-order valence-corrected chi connectivity index (χ4v) is 2.99. The van der Waals surface area contributed by atoms with Gasteiger partial charge < -0.3 is 5.32 Å². The average Bonchev–Trinajstić information content (AvgIpc) is 2.97. The number of aryl methyl sites for hydroxylation is 2. The molecule has 1 aliphatic heterocycles. The Bertz CT molecular complexity index is 647. The molecule has 0 aromatic heterocycles. The van der Waals surface area contributed by atoms with E-state index < -0.39 is 11.6 Å². The Morgan fingerprint density at radius 1 is 1.35 bits per heavy atom. The first-order chi connectivity index (χ1) is 9.56. The van der Waals surface area contributed by atoms with E-state index in [-0.39, 0.29) is 12.5 Å². The molecule has 1 heterocycles. The highest BCUT2D eigenvalue weighted by molar-refractivity contribution is 6.07. The molecule has 0 spiro atoms. The second-order valence-corrected chi connectivity index (χ2v) is 5.44. The lowest BCUT2D eigenvalue weighted by atomic mass is 9.90.